The molecule has 0 aliphatic rings. The number of hydrogen-bond acceptors (Lipinski definition) is 5. The third kappa shape index (κ3) is 3.97. The number of nitrogens with one attached hydrogen (secondary N) is 1. The van der Waals surface area contributed by atoms with Crippen molar-refractivity contribution in [1.82, 2.24) is 4.72 Å². The second-order valence-corrected chi connectivity index (χ2v) is 5.47. The van der Waals surface area contributed by atoms with Gasteiger partial charge in [-0.2, -0.15) is 0 Å². The Bertz CT molecular complexity index is 585. The molecular weight excluding hydrogens is 293 g/mol. The van der Waals surface area contributed by atoms with Crippen molar-refractivity contribution in [3.8, 4) is 0 Å². The van der Waals surface area contributed by atoms with E-state index in [1.54, 1.807) is 0 Å². The minimum absolute atomic E-state index is 0.172. The highest BCUT2D eigenvalue weighted by Gasteiger charge is 2.20. The van der Waals surface area contributed by atoms with Crippen LogP contribution in [-0.4, -0.2) is 46.5 Å². The first-order valence-corrected chi connectivity index (χ1v) is 6.88. The molecule has 9 heteroatoms. The summed E-state index contributed by atoms with van der Waals surface area (Å²) in [5.41, 5.74) is -0.720. The minimum Gasteiger partial charge on any atom is -0.478 e. The van der Waals surface area contributed by atoms with Crippen LogP contribution in [0, 0.1) is 5.82 Å². The molecule has 1 aromatic rings. The number of benzene rings is 1. The molecule has 112 valence electrons. The van der Waals surface area contributed by atoms with Gasteiger partial charge >= 0.3 is 5.97 Å². The van der Waals surface area contributed by atoms with Crippen LogP contribution in [0.4, 0.5) is 4.39 Å². The van der Waals surface area contributed by atoms with Gasteiger partial charge < -0.3 is 14.6 Å². The normalized spacial score (nSPS) is 11.8. The number of rotatable bonds is 7. The van der Waals surface area contributed by atoms with E-state index in [0.717, 1.165) is 18.2 Å². The molecule has 2 N–H and O–H groups in total. The van der Waals surface area contributed by atoms with Crippen LogP contribution in [0.1, 0.15) is 10.4 Å². The third-order valence-electron chi connectivity index (χ3n) is 2.44. The van der Waals surface area contributed by atoms with E-state index in [1.807, 2.05) is 0 Å². The maximum atomic E-state index is 13.2. The summed E-state index contributed by atoms with van der Waals surface area (Å²) in [6.07, 6.45) is -0.788. The summed E-state index contributed by atoms with van der Waals surface area (Å²) in [7, 11) is -1.32. The SMILES string of the molecule is COC(CNS(=O)(=O)c1ccc(F)c(C(=O)O)c1)OC. The van der Waals surface area contributed by atoms with Gasteiger partial charge in [-0.05, 0) is 18.2 Å². The molecular formula is C11H14FNO6S. The van der Waals surface area contributed by atoms with Crippen LogP contribution in [0.2, 0.25) is 0 Å². The lowest BCUT2D eigenvalue weighted by Gasteiger charge is -2.14. The molecule has 0 amide bonds. The van der Waals surface area contributed by atoms with Gasteiger partial charge in [0.05, 0.1) is 17.0 Å². The van der Waals surface area contributed by atoms with Gasteiger partial charge in [-0.25, -0.2) is 22.3 Å². The van der Waals surface area contributed by atoms with Crippen molar-refractivity contribution in [2.24, 2.45) is 0 Å². The Kier molecular flexibility index (Phi) is 5.57. The number of aromatic carboxylic acids is 1. The monoisotopic (exact) mass is 307 g/mol. The predicted molar refractivity (Wildman–Crippen MR) is 66.4 cm³/mol. The lowest BCUT2D eigenvalue weighted by molar-refractivity contribution is -0.0960. The molecule has 0 unspecified atom stereocenters. The Hall–Kier alpha value is -1.55. The summed E-state index contributed by atoms with van der Waals surface area (Å²) in [4.78, 5) is 10.4. The maximum absolute atomic E-state index is 13.2. The van der Waals surface area contributed by atoms with Crippen molar-refractivity contribution < 1.29 is 32.2 Å². The zero-order chi connectivity index (χ0) is 15.3. The molecule has 0 aliphatic carbocycles. The van der Waals surface area contributed by atoms with Crippen LogP contribution in [0.15, 0.2) is 23.1 Å². The molecule has 0 bridgehead atoms. The van der Waals surface area contributed by atoms with E-state index in [0.29, 0.717) is 0 Å². The zero-order valence-electron chi connectivity index (χ0n) is 10.8. The fourth-order valence-corrected chi connectivity index (χ4v) is 2.40. The average Bonchev–Trinajstić information content (AvgIpc) is 2.39. The quantitative estimate of drug-likeness (QED) is 0.708. The van der Waals surface area contributed by atoms with Gasteiger partial charge in [0, 0.05) is 14.2 Å². The molecule has 0 radical (unpaired) electrons. The number of hydrogen-bond donors (Lipinski definition) is 2. The molecule has 0 saturated carbocycles. The van der Waals surface area contributed by atoms with E-state index >= 15 is 0 Å². The van der Waals surface area contributed by atoms with Crippen molar-refractivity contribution in [2.75, 3.05) is 20.8 Å². The molecule has 20 heavy (non-hydrogen) atoms. The van der Waals surface area contributed by atoms with E-state index in [4.69, 9.17) is 14.6 Å². The first kappa shape index (κ1) is 16.5. The summed E-state index contributed by atoms with van der Waals surface area (Å²) in [5, 5.41) is 8.75. The standard InChI is InChI=1S/C11H14FNO6S/c1-18-10(19-2)6-13-20(16,17)7-3-4-9(12)8(5-7)11(14)15/h3-5,10,13H,6H2,1-2H3,(H,14,15). The van der Waals surface area contributed by atoms with Gasteiger partial charge in [-0.1, -0.05) is 0 Å². The summed E-state index contributed by atoms with van der Waals surface area (Å²) in [6, 6.07) is 2.50. The van der Waals surface area contributed by atoms with Crippen molar-refractivity contribution >= 4 is 16.0 Å². The Morgan fingerprint density at radius 3 is 2.50 bits per heavy atom. The van der Waals surface area contributed by atoms with Crippen LogP contribution in [0.5, 0.6) is 0 Å². The van der Waals surface area contributed by atoms with Crippen molar-refractivity contribution in [3.63, 3.8) is 0 Å². The molecule has 0 aromatic heterocycles. The highest BCUT2D eigenvalue weighted by Crippen LogP contribution is 2.15. The third-order valence-corrected chi connectivity index (χ3v) is 3.87. The molecule has 7 nitrogen and oxygen atoms in total. The van der Waals surface area contributed by atoms with Crippen LogP contribution >= 0.6 is 0 Å². The van der Waals surface area contributed by atoms with Crippen molar-refractivity contribution in [2.45, 2.75) is 11.2 Å². The second-order valence-electron chi connectivity index (χ2n) is 3.70. The van der Waals surface area contributed by atoms with E-state index in [-0.39, 0.29) is 11.4 Å². The number of carboxylic acids is 1. The summed E-state index contributed by atoms with van der Waals surface area (Å²) in [5.74, 6) is -2.56. The lowest BCUT2D eigenvalue weighted by atomic mass is 10.2. The first-order chi connectivity index (χ1) is 9.31. The topological polar surface area (TPSA) is 102 Å². The highest BCUT2D eigenvalue weighted by molar-refractivity contribution is 7.89. The van der Waals surface area contributed by atoms with Crippen LogP contribution in [0.3, 0.4) is 0 Å². The van der Waals surface area contributed by atoms with Gasteiger partial charge in [0.15, 0.2) is 6.29 Å². The molecule has 0 fully saturated rings. The molecule has 0 heterocycles. The van der Waals surface area contributed by atoms with E-state index in [1.165, 1.54) is 14.2 Å². The molecule has 0 atom stereocenters. The van der Waals surface area contributed by atoms with E-state index in [9.17, 15) is 17.6 Å². The minimum atomic E-state index is -3.99. The molecule has 1 rings (SSSR count). The van der Waals surface area contributed by atoms with E-state index < -0.39 is 33.7 Å². The first-order valence-electron chi connectivity index (χ1n) is 5.40. The number of methoxy groups -OCH3 is 2. The maximum Gasteiger partial charge on any atom is 0.338 e. The number of ether oxygens (including phenoxy) is 2. The van der Waals surface area contributed by atoms with E-state index in [2.05, 4.69) is 4.72 Å². The second kappa shape index (κ2) is 6.75. The summed E-state index contributed by atoms with van der Waals surface area (Å²) in [6.45, 7) is -0.172. The van der Waals surface area contributed by atoms with Crippen molar-refractivity contribution in [1.29, 1.82) is 0 Å². The Labute approximate surface area is 115 Å². The average molecular weight is 307 g/mol. The highest BCUT2D eigenvalue weighted by atomic mass is 32.2. The predicted octanol–water partition coefficient (Wildman–Crippen LogP) is 0.421. The lowest BCUT2D eigenvalue weighted by Crippen LogP contribution is -2.34. The summed E-state index contributed by atoms with van der Waals surface area (Å²) < 4.78 is 48.8. The number of carbonyl (C=O) groups is 1. The molecule has 0 saturated heterocycles. The number of carboxylic acid groups (broad SMARTS) is 1. The Balaban J connectivity index is 2.98. The number of halogens is 1. The Morgan fingerprint density at radius 1 is 1.40 bits per heavy atom. The van der Waals surface area contributed by atoms with Gasteiger partial charge in [0.2, 0.25) is 10.0 Å². The van der Waals surface area contributed by atoms with Gasteiger partial charge in [-0.15, -0.1) is 0 Å². The fourth-order valence-electron chi connectivity index (χ4n) is 1.36. The smallest absolute Gasteiger partial charge is 0.338 e. The molecule has 0 aliphatic heterocycles. The number of sulfonamides is 1. The van der Waals surface area contributed by atoms with Crippen LogP contribution < -0.4 is 4.72 Å². The molecule has 1 aromatic carbocycles. The van der Waals surface area contributed by atoms with Crippen LogP contribution in [0.25, 0.3) is 0 Å². The fraction of sp³-hybridized carbons (Fsp3) is 0.364. The van der Waals surface area contributed by atoms with Crippen molar-refractivity contribution in [3.05, 3.63) is 29.6 Å². The largest absolute Gasteiger partial charge is 0.478 e. The zero-order valence-corrected chi connectivity index (χ0v) is 11.6. The Morgan fingerprint density at radius 2 is 2.00 bits per heavy atom. The van der Waals surface area contributed by atoms with Gasteiger partial charge in [0.25, 0.3) is 0 Å². The van der Waals surface area contributed by atoms with Gasteiger partial charge in [-0.3, -0.25) is 0 Å². The van der Waals surface area contributed by atoms with Gasteiger partial charge in [0.1, 0.15) is 5.82 Å². The summed E-state index contributed by atoms with van der Waals surface area (Å²) >= 11 is 0. The van der Waals surface area contributed by atoms with Crippen LogP contribution in [-0.2, 0) is 19.5 Å². The molecule has 0 spiro atoms.